The number of fused-ring (bicyclic) bond motifs is 2. The van der Waals surface area contributed by atoms with Gasteiger partial charge in [0.05, 0.1) is 5.52 Å². The van der Waals surface area contributed by atoms with Crippen LogP contribution < -0.4 is 0 Å². The third-order valence-corrected chi connectivity index (χ3v) is 4.86. The lowest BCUT2D eigenvalue weighted by Gasteiger charge is -2.26. The summed E-state index contributed by atoms with van der Waals surface area (Å²) in [5.41, 5.74) is 5.42. The van der Waals surface area contributed by atoms with Crippen molar-refractivity contribution in [3.63, 3.8) is 0 Å². The van der Waals surface area contributed by atoms with Crippen molar-refractivity contribution in [2.45, 2.75) is 46.1 Å². The van der Waals surface area contributed by atoms with Crippen molar-refractivity contribution in [1.82, 2.24) is 9.88 Å². The summed E-state index contributed by atoms with van der Waals surface area (Å²) in [4.78, 5) is 7.55. The first-order chi connectivity index (χ1) is 9.70. The fourth-order valence-corrected chi connectivity index (χ4v) is 3.33. The van der Waals surface area contributed by atoms with Gasteiger partial charge in [-0.3, -0.25) is 9.88 Å². The van der Waals surface area contributed by atoms with Crippen LogP contribution in [0.3, 0.4) is 0 Å². The van der Waals surface area contributed by atoms with Gasteiger partial charge in [0.15, 0.2) is 0 Å². The van der Waals surface area contributed by atoms with Gasteiger partial charge >= 0.3 is 0 Å². The molecular weight excluding hydrogens is 244 g/mol. The highest BCUT2D eigenvalue weighted by atomic mass is 15.1. The number of nitrogens with zero attached hydrogens (tertiary/aromatic N) is 2. The minimum Gasteiger partial charge on any atom is -0.300 e. The van der Waals surface area contributed by atoms with Crippen molar-refractivity contribution < 1.29 is 0 Å². The van der Waals surface area contributed by atoms with E-state index in [1.165, 1.54) is 35.2 Å². The van der Waals surface area contributed by atoms with Gasteiger partial charge in [-0.2, -0.15) is 0 Å². The Balaban J connectivity index is 2.00. The number of aryl methyl sites for hydroxylation is 1. The van der Waals surface area contributed by atoms with E-state index in [0.29, 0.717) is 6.04 Å². The zero-order valence-electron chi connectivity index (χ0n) is 12.8. The van der Waals surface area contributed by atoms with Crippen LogP contribution >= 0.6 is 0 Å². The van der Waals surface area contributed by atoms with Crippen molar-refractivity contribution in [3.05, 3.63) is 41.1 Å². The summed E-state index contributed by atoms with van der Waals surface area (Å²) in [7, 11) is 0. The van der Waals surface area contributed by atoms with Crippen LogP contribution in [0.1, 0.15) is 37.1 Å². The molecule has 1 atom stereocenters. The summed E-state index contributed by atoms with van der Waals surface area (Å²) in [6.45, 7) is 9.20. The van der Waals surface area contributed by atoms with Crippen molar-refractivity contribution in [3.8, 4) is 0 Å². The molecule has 2 heteroatoms. The Hall–Kier alpha value is -1.41. The molecule has 2 heterocycles. The van der Waals surface area contributed by atoms with Crippen LogP contribution in [0.15, 0.2) is 24.3 Å². The summed E-state index contributed by atoms with van der Waals surface area (Å²) in [6.07, 6.45) is 3.46. The molecule has 1 aliphatic rings. The summed E-state index contributed by atoms with van der Waals surface area (Å²) >= 11 is 0. The summed E-state index contributed by atoms with van der Waals surface area (Å²) in [6, 6.07) is 9.23. The Labute approximate surface area is 121 Å². The van der Waals surface area contributed by atoms with Crippen molar-refractivity contribution in [2.75, 3.05) is 13.1 Å². The first kappa shape index (κ1) is 13.6. The van der Waals surface area contributed by atoms with Crippen LogP contribution in [-0.4, -0.2) is 29.0 Å². The molecule has 1 aliphatic heterocycles. The normalized spacial score (nSPS) is 17.8. The van der Waals surface area contributed by atoms with Gasteiger partial charge in [-0.1, -0.05) is 25.1 Å². The molecule has 106 valence electrons. The molecule has 0 aliphatic carbocycles. The second-order valence-corrected chi connectivity index (χ2v) is 5.97. The molecule has 2 nitrogen and oxygen atoms in total. The van der Waals surface area contributed by atoms with Gasteiger partial charge in [0.25, 0.3) is 0 Å². The predicted molar refractivity (Wildman–Crippen MR) is 85.2 cm³/mol. The van der Waals surface area contributed by atoms with Crippen LogP contribution in [0, 0.1) is 6.92 Å². The van der Waals surface area contributed by atoms with E-state index in [1.54, 1.807) is 0 Å². The van der Waals surface area contributed by atoms with Crippen molar-refractivity contribution >= 4 is 10.9 Å². The first-order valence-corrected chi connectivity index (χ1v) is 7.82. The SMILES string of the molecule is CCC(C)N1CCc2nc3ccccc3c(C)c2CC1. The molecule has 0 saturated carbocycles. The number of pyridine rings is 1. The largest absolute Gasteiger partial charge is 0.300 e. The van der Waals surface area contributed by atoms with E-state index in [9.17, 15) is 0 Å². The molecule has 0 saturated heterocycles. The first-order valence-electron chi connectivity index (χ1n) is 7.82. The van der Waals surface area contributed by atoms with Gasteiger partial charge in [0.1, 0.15) is 0 Å². The van der Waals surface area contributed by atoms with E-state index in [1.807, 2.05) is 0 Å². The average molecular weight is 268 g/mol. The zero-order chi connectivity index (χ0) is 14.1. The van der Waals surface area contributed by atoms with Crippen LogP contribution in [0.4, 0.5) is 0 Å². The molecule has 1 aromatic heterocycles. The standard InChI is InChI=1S/C18H24N2/c1-4-13(2)20-11-9-16-14(3)15-7-5-6-8-17(15)19-18(16)10-12-20/h5-8,13H,4,9-12H2,1-3H3. The topological polar surface area (TPSA) is 16.1 Å². The second-order valence-electron chi connectivity index (χ2n) is 5.97. The Morgan fingerprint density at radius 1 is 1.20 bits per heavy atom. The third kappa shape index (κ3) is 2.33. The average Bonchev–Trinajstić information content (AvgIpc) is 2.69. The summed E-state index contributed by atoms with van der Waals surface area (Å²) in [5.74, 6) is 0. The molecule has 2 aromatic rings. The number of benzene rings is 1. The highest BCUT2D eigenvalue weighted by Crippen LogP contribution is 2.26. The number of aromatic nitrogens is 1. The number of rotatable bonds is 2. The minimum atomic E-state index is 0.680. The Bertz CT molecular complexity index is 618. The molecule has 0 amide bonds. The molecule has 0 bridgehead atoms. The Morgan fingerprint density at radius 2 is 1.95 bits per heavy atom. The summed E-state index contributed by atoms with van der Waals surface area (Å²) < 4.78 is 0. The Morgan fingerprint density at radius 3 is 2.75 bits per heavy atom. The van der Waals surface area contributed by atoms with Gasteiger partial charge in [-0.15, -0.1) is 0 Å². The summed E-state index contributed by atoms with van der Waals surface area (Å²) in [5, 5.41) is 1.32. The lowest BCUT2D eigenvalue weighted by Crippen LogP contribution is -2.34. The van der Waals surface area contributed by atoms with Gasteiger partial charge < -0.3 is 0 Å². The fraction of sp³-hybridized carbons (Fsp3) is 0.500. The maximum absolute atomic E-state index is 4.93. The molecule has 0 spiro atoms. The Kier molecular flexibility index (Phi) is 3.75. The molecule has 0 radical (unpaired) electrons. The van der Waals surface area contributed by atoms with Crippen LogP contribution in [0.5, 0.6) is 0 Å². The van der Waals surface area contributed by atoms with Crippen LogP contribution in [-0.2, 0) is 12.8 Å². The maximum Gasteiger partial charge on any atom is 0.0708 e. The highest BCUT2D eigenvalue weighted by molar-refractivity contribution is 5.83. The maximum atomic E-state index is 4.93. The van der Waals surface area contributed by atoms with E-state index in [4.69, 9.17) is 4.98 Å². The second kappa shape index (κ2) is 5.53. The molecule has 1 aromatic carbocycles. The van der Waals surface area contributed by atoms with E-state index < -0.39 is 0 Å². The fourth-order valence-electron chi connectivity index (χ4n) is 3.33. The predicted octanol–water partition coefficient (Wildman–Crippen LogP) is 3.74. The van der Waals surface area contributed by atoms with E-state index in [0.717, 1.165) is 24.9 Å². The molecule has 1 unspecified atom stereocenters. The third-order valence-electron chi connectivity index (χ3n) is 4.86. The van der Waals surface area contributed by atoms with Gasteiger partial charge in [0, 0.05) is 36.6 Å². The number of para-hydroxylation sites is 1. The lowest BCUT2D eigenvalue weighted by atomic mass is 9.98. The molecule has 0 N–H and O–H groups in total. The van der Waals surface area contributed by atoms with Gasteiger partial charge in [-0.25, -0.2) is 0 Å². The monoisotopic (exact) mass is 268 g/mol. The highest BCUT2D eigenvalue weighted by Gasteiger charge is 2.20. The van der Waals surface area contributed by atoms with E-state index >= 15 is 0 Å². The molecule has 20 heavy (non-hydrogen) atoms. The van der Waals surface area contributed by atoms with Crippen molar-refractivity contribution in [1.29, 1.82) is 0 Å². The van der Waals surface area contributed by atoms with Crippen LogP contribution in [0.2, 0.25) is 0 Å². The smallest absolute Gasteiger partial charge is 0.0708 e. The van der Waals surface area contributed by atoms with E-state index in [2.05, 4.69) is 49.9 Å². The molecule has 0 fully saturated rings. The quantitative estimate of drug-likeness (QED) is 0.825. The van der Waals surface area contributed by atoms with Crippen molar-refractivity contribution in [2.24, 2.45) is 0 Å². The lowest BCUT2D eigenvalue weighted by molar-refractivity contribution is 0.213. The minimum absolute atomic E-state index is 0.680. The molecule has 3 rings (SSSR count). The number of hydrogen-bond acceptors (Lipinski definition) is 2. The van der Waals surface area contributed by atoms with Gasteiger partial charge in [0.2, 0.25) is 0 Å². The number of hydrogen-bond donors (Lipinski definition) is 0. The van der Waals surface area contributed by atoms with Crippen LogP contribution in [0.25, 0.3) is 10.9 Å². The zero-order valence-corrected chi connectivity index (χ0v) is 12.8. The molecular formula is C18H24N2. The van der Waals surface area contributed by atoms with E-state index in [-0.39, 0.29) is 0 Å². The van der Waals surface area contributed by atoms with Gasteiger partial charge in [-0.05, 0) is 43.9 Å².